The van der Waals surface area contributed by atoms with Gasteiger partial charge >= 0.3 is 0 Å². The van der Waals surface area contributed by atoms with Gasteiger partial charge in [-0.25, -0.2) is 0 Å². The molecule has 3 nitrogen and oxygen atoms in total. The molecule has 2 rings (SSSR count). The summed E-state index contributed by atoms with van der Waals surface area (Å²) < 4.78 is 1.06. The largest absolute Gasteiger partial charge is 0.388 e. The van der Waals surface area contributed by atoms with Crippen LogP contribution in [0.4, 0.5) is 5.69 Å². The Hall–Kier alpha value is -1.46. The molecule has 98 valence electrons. The lowest BCUT2D eigenvalue weighted by Gasteiger charge is -2.17. The first-order chi connectivity index (χ1) is 9.08. The lowest BCUT2D eigenvalue weighted by Crippen LogP contribution is -2.16. The molecule has 0 bridgehead atoms. The number of hydrogen-bond donors (Lipinski definition) is 2. The first-order valence-corrected chi connectivity index (χ1v) is 7.05. The van der Waals surface area contributed by atoms with E-state index in [1.165, 1.54) is 5.56 Å². The molecule has 0 aliphatic rings. The van der Waals surface area contributed by atoms with Gasteiger partial charge in [-0.1, -0.05) is 40.3 Å². The molecule has 1 atom stereocenters. The van der Waals surface area contributed by atoms with Gasteiger partial charge in [0.1, 0.15) is 10.7 Å². The van der Waals surface area contributed by atoms with Crippen molar-refractivity contribution in [2.75, 3.05) is 5.32 Å². The SMILES string of the molecule is CC(Nc1cccnc1C(N)=S)c1cccc(Br)c1. The van der Waals surface area contributed by atoms with Crippen molar-refractivity contribution in [2.45, 2.75) is 13.0 Å². The van der Waals surface area contributed by atoms with Gasteiger partial charge in [-0.05, 0) is 36.8 Å². The smallest absolute Gasteiger partial charge is 0.124 e. The number of nitrogens with two attached hydrogens (primary N) is 1. The molecule has 2 aromatic rings. The number of halogens is 1. The highest BCUT2D eigenvalue weighted by atomic mass is 79.9. The minimum atomic E-state index is 0.134. The highest BCUT2D eigenvalue weighted by Gasteiger charge is 2.10. The summed E-state index contributed by atoms with van der Waals surface area (Å²) in [5, 5.41) is 3.38. The Balaban J connectivity index is 2.24. The van der Waals surface area contributed by atoms with Crippen LogP contribution in [-0.2, 0) is 0 Å². The number of rotatable bonds is 4. The van der Waals surface area contributed by atoms with Crippen LogP contribution in [0.15, 0.2) is 47.1 Å². The molecule has 0 radical (unpaired) electrons. The molecule has 0 aliphatic carbocycles. The molecule has 0 aliphatic heterocycles. The van der Waals surface area contributed by atoms with Gasteiger partial charge in [-0.3, -0.25) is 4.98 Å². The van der Waals surface area contributed by atoms with Gasteiger partial charge in [-0.15, -0.1) is 0 Å². The molecule has 1 aromatic heterocycles. The number of anilines is 1. The normalized spacial score (nSPS) is 11.9. The minimum Gasteiger partial charge on any atom is -0.388 e. The third-order valence-corrected chi connectivity index (χ3v) is 3.45. The number of nitrogens with zero attached hydrogens (tertiary/aromatic N) is 1. The number of hydrogen-bond acceptors (Lipinski definition) is 3. The zero-order valence-corrected chi connectivity index (χ0v) is 12.8. The summed E-state index contributed by atoms with van der Waals surface area (Å²) in [5.74, 6) is 0. The molecule has 3 N–H and O–H groups in total. The maximum Gasteiger partial charge on any atom is 0.124 e. The third-order valence-electron chi connectivity index (χ3n) is 2.76. The Morgan fingerprint density at radius 1 is 1.37 bits per heavy atom. The summed E-state index contributed by atoms with van der Waals surface area (Å²) in [4.78, 5) is 4.50. The summed E-state index contributed by atoms with van der Waals surface area (Å²) >= 11 is 8.48. The van der Waals surface area contributed by atoms with Crippen LogP contribution in [0.3, 0.4) is 0 Å². The van der Waals surface area contributed by atoms with Crippen molar-refractivity contribution >= 4 is 38.8 Å². The van der Waals surface area contributed by atoms with E-state index in [-0.39, 0.29) is 6.04 Å². The summed E-state index contributed by atoms with van der Waals surface area (Å²) in [6.07, 6.45) is 1.68. The summed E-state index contributed by atoms with van der Waals surface area (Å²) in [7, 11) is 0. The molecule has 0 amide bonds. The van der Waals surface area contributed by atoms with E-state index in [1.807, 2.05) is 24.3 Å². The number of aromatic nitrogens is 1. The molecule has 1 heterocycles. The first-order valence-electron chi connectivity index (χ1n) is 5.84. The fraction of sp³-hybridized carbons (Fsp3) is 0.143. The average Bonchev–Trinajstić information content (AvgIpc) is 2.39. The number of nitrogens with one attached hydrogen (secondary N) is 1. The molecule has 19 heavy (non-hydrogen) atoms. The summed E-state index contributed by atoms with van der Waals surface area (Å²) in [6.45, 7) is 2.08. The van der Waals surface area contributed by atoms with Crippen LogP contribution >= 0.6 is 28.1 Å². The highest BCUT2D eigenvalue weighted by Crippen LogP contribution is 2.23. The summed E-state index contributed by atoms with van der Waals surface area (Å²) in [5.41, 5.74) is 8.32. The van der Waals surface area contributed by atoms with E-state index in [4.69, 9.17) is 18.0 Å². The van der Waals surface area contributed by atoms with E-state index < -0.39 is 0 Å². The second-order valence-corrected chi connectivity index (χ2v) is 5.54. The highest BCUT2D eigenvalue weighted by molar-refractivity contribution is 9.10. The van der Waals surface area contributed by atoms with E-state index in [0.717, 1.165) is 10.2 Å². The van der Waals surface area contributed by atoms with Crippen LogP contribution in [0, 0.1) is 0 Å². The summed E-state index contributed by atoms with van der Waals surface area (Å²) in [6, 6.07) is 12.1. The van der Waals surface area contributed by atoms with Gasteiger partial charge in [0, 0.05) is 16.7 Å². The fourth-order valence-electron chi connectivity index (χ4n) is 1.81. The van der Waals surface area contributed by atoms with Gasteiger partial charge in [0.2, 0.25) is 0 Å². The van der Waals surface area contributed by atoms with Crippen LogP contribution in [0.1, 0.15) is 24.2 Å². The van der Waals surface area contributed by atoms with E-state index in [0.29, 0.717) is 10.7 Å². The Labute approximate surface area is 126 Å². The maximum absolute atomic E-state index is 5.67. The number of pyridine rings is 1. The van der Waals surface area contributed by atoms with Crippen molar-refractivity contribution in [3.63, 3.8) is 0 Å². The lowest BCUT2D eigenvalue weighted by molar-refractivity contribution is 0.881. The van der Waals surface area contributed by atoms with Crippen molar-refractivity contribution in [1.29, 1.82) is 0 Å². The Kier molecular flexibility index (Phi) is 4.50. The van der Waals surface area contributed by atoms with E-state index >= 15 is 0 Å². The lowest BCUT2D eigenvalue weighted by atomic mass is 10.1. The van der Waals surface area contributed by atoms with Crippen molar-refractivity contribution < 1.29 is 0 Å². The zero-order chi connectivity index (χ0) is 13.8. The second-order valence-electron chi connectivity index (χ2n) is 4.18. The molecule has 5 heteroatoms. The van der Waals surface area contributed by atoms with Gasteiger partial charge < -0.3 is 11.1 Å². The van der Waals surface area contributed by atoms with E-state index in [2.05, 4.69) is 45.3 Å². The number of thiocarbonyl (C=S) groups is 1. The van der Waals surface area contributed by atoms with Crippen molar-refractivity contribution in [3.8, 4) is 0 Å². The molecule has 0 spiro atoms. The Morgan fingerprint density at radius 3 is 2.84 bits per heavy atom. The minimum absolute atomic E-state index is 0.134. The molecular formula is C14H14BrN3S. The van der Waals surface area contributed by atoms with Crippen molar-refractivity contribution in [2.24, 2.45) is 5.73 Å². The van der Waals surface area contributed by atoms with Crippen LogP contribution in [0.2, 0.25) is 0 Å². The van der Waals surface area contributed by atoms with Gasteiger partial charge in [0.25, 0.3) is 0 Å². The Bertz CT molecular complexity index is 601. The molecule has 1 unspecified atom stereocenters. The topological polar surface area (TPSA) is 50.9 Å². The molecule has 0 fully saturated rings. The monoisotopic (exact) mass is 335 g/mol. The predicted octanol–water partition coefficient (Wildman–Crippen LogP) is 3.65. The van der Waals surface area contributed by atoms with Gasteiger partial charge in [0.05, 0.1) is 5.69 Å². The maximum atomic E-state index is 5.67. The van der Waals surface area contributed by atoms with Gasteiger partial charge in [-0.2, -0.15) is 0 Å². The van der Waals surface area contributed by atoms with Crippen LogP contribution in [0.5, 0.6) is 0 Å². The predicted molar refractivity (Wildman–Crippen MR) is 86.3 cm³/mol. The Morgan fingerprint density at radius 2 is 2.16 bits per heavy atom. The third kappa shape index (κ3) is 3.52. The number of benzene rings is 1. The van der Waals surface area contributed by atoms with Crippen molar-refractivity contribution in [1.82, 2.24) is 4.98 Å². The quantitative estimate of drug-likeness (QED) is 0.837. The van der Waals surface area contributed by atoms with Crippen LogP contribution in [-0.4, -0.2) is 9.97 Å². The molecule has 1 aromatic carbocycles. The van der Waals surface area contributed by atoms with E-state index in [9.17, 15) is 0 Å². The van der Waals surface area contributed by atoms with Crippen molar-refractivity contribution in [3.05, 3.63) is 58.3 Å². The molecule has 0 saturated heterocycles. The first kappa shape index (κ1) is 14.0. The zero-order valence-electron chi connectivity index (χ0n) is 10.4. The van der Waals surface area contributed by atoms with E-state index in [1.54, 1.807) is 6.20 Å². The van der Waals surface area contributed by atoms with Crippen LogP contribution in [0.25, 0.3) is 0 Å². The van der Waals surface area contributed by atoms with Crippen LogP contribution < -0.4 is 11.1 Å². The average molecular weight is 336 g/mol. The standard InChI is InChI=1S/C14H14BrN3S/c1-9(10-4-2-5-11(15)8-10)18-12-6-3-7-17-13(12)14(16)19/h2-9,18H,1H3,(H2,16,19). The second kappa shape index (κ2) is 6.12. The molecular weight excluding hydrogens is 322 g/mol. The van der Waals surface area contributed by atoms with Gasteiger partial charge in [0.15, 0.2) is 0 Å². The fourth-order valence-corrected chi connectivity index (χ4v) is 2.39. The molecule has 0 saturated carbocycles.